The first kappa shape index (κ1) is 18.3. The van der Waals surface area contributed by atoms with Crippen LogP contribution in [0.5, 0.6) is 5.75 Å². The Kier molecular flexibility index (Phi) is 6.63. The number of thiophene rings is 1. The zero-order chi connectivity index (χ0) is 17.4. The van der Waals surface area contributed by atoms with Gasteiger partial charge in [0.15, 0.2) is 0 Å². The average Bonchev–Trinajstić information content (AvgIpc) is 3.06. The molecule has 1 atom stereocenters. The summed E-state index contributed by atoms with van der Waals surface area (Å²) in [4.78, 5) is 11.8. The van der Waals surface area contributed by atoms with Gasteiger partial charge >= 0.3 is 6.03 Å². The number of urea groups is 1. The van der Waals surface area contributed by atoms with E-state index in [1.54, 1.807) is 25.4 Å². The Morgan fingerprint density at radius 3 is 2.58 bits per heavy atom. The quantitative estimate of drug-likeness (QED) is 0.687. The fourth-order valence-electron chi connectivity index (χ4n) is 2.34. The molecule has 0 aliphatic rings. The van der Waals surface area contributed by atoms with Gasteiger partial charge in [-0.1, -0.05) is 12.1 Å². The Balaban J connectivity index is 1.67. The highest BCUT2D eigenvalue weighted by atomic mass is 32.1. The molecule has 5 nitrogen and oxygen atoms in total. The summed E-state index contributed by atoms with van der Waals surface area (Å²) >= 11 is 1.60. The molecule has 1 heterocycles. The molecule has 0 spiro atoms. The summed E-state index contributed by atoms with van der Waals surface area (Å²) in [6.07, 6.45) is 1.26. The molecule has 0 aliphatic heterocycles. The van der Waals surface area contributed by atoms with Crippen LogP contribution in [-0.4, -0.2) is 36.9 Å². The van der Waals surface area contributed by atoms with Crippen molar-refractivity contribution in [2.24, 2.45) is 0 Å². The van der Waals surface area contributed by atoms with Gasteiger partial charge in [-0.25, -0.2) is 4.79 Å². The van der Waals surface area contributed by atoms with Crippen molar-refractivity contribution >= 4 is 17.4 Å². The number of aliphatic hydroxyl groups is 1. The molecule has 0 aliphatic carbocycles. The predicted molar refractivity (Wildman–Crippen MR) is 96.7 cm³/mol. The van der Waals surface area contributed by atoms with E-state index in [1.165, 1.54) is 0 Å². The largest absolute Gasteiger partial charge is 0.497 e. The van der Waals surface area contributed by atoms with Crippen LogP contribution in [0, 0.1) is 0 Å². The van der Waals surface area contributed by atoms with Crippen LogP contribution in [-0.2, 0) is 12.8 Å². The van der Waals surface area contributed by atoms with Gasteiger partial charge < -0.3 is 20.5 Å². The van der Waals surface area contributed by atoms with Crippen molar-refractivity contribution < 1.29 is 14.6 Å². The van der Waals surface area contributed by atoms with Crippen molar-refractivity contribution in [2.45, 2.75) is 25.4 Å². The zero-order valence-electron chi connectivity index (χ0n) is 14.0. The molecule has 6 heteroatoms. The number of carbonyl (C=O) groups excluding carboxylic acids is 1. The maximum atomic E-state index is 11.8. The van der Waals surface area contributed by atoms with Gasteiger partial charge in [0.2, 0.25) is 0 Å². The molecule has 0 radical (unpaired) electrons. The molecule has 3 N–H and O–H groups in total. The number of benzene rings is 1. The maximum Gasteiger partial charge on any atom is 0.314 e. The van der Waals surface area contributed by atoms with Gasteiger partial charge in [-0.2, -0.15) is 11.3 Å². The van der Waals surface area contributed by atoms with Crippen LogP contribution in [0.4, 0.5) is 4.79 Å². The van der Waals surface area contributed by atoms with Crippen molar-refractivity contribution in [2.75, 3.05) is 20.2 Å². The van der Waals surface area contributed by atoms with Gasteiger partial charge in [0.25, 0.3) is 0 Å². The number of hydrogen-bond donors (Lipinski definition) is 3. The molecular formula is C18H24N2O3S. The number of hydrogen-bond acceptors (Lipinski definition) is 4. The third kappa shape index (κ3) is 6.22. The number of methoxy groups -OCH3 is 1. The monoisotopic (exact) mass is 348 g/mol. The van der Waals surface area contributed by atoms with E-state index < -0.39 is 5.60 Å². The second kappa shape index (κ2) is 8.70. The molecule has 2 aromatic rings. The van der Waals surface area contributed by atoms with E-state index in [0.29, 0.717) is 13.0 Å². The first-order chi connectivity index (χ1) is 11.5. The van der Waals surface area contributed by atoms with Crippen molar-refractivity contribution in [3.8, 4) is 5.75 Å². The average molecular weight is 348 g/mol. The summed E-state index contributed by atoms with van der Waals surface area (Å²) in [6, 6.07) is 9.46. The van der Waals surface area contributed by atoms with E-state index in [2.05, 4.69) is 10.6 Å². The highest BCUT2D eigenvalue weighted by Gasteiger charge is 2.21. The Bertz CT molecular complexity index is 624. The fourth-order valence-corrected chi connectivity index (χ4v) is 3.01. The predicted octanol–water partition coefficient (Wildman–Crippen LogP) is 2.59. The maximum absolute atomic E-state index is 11.8. The minimum absolute atomic E-state index is 0.206. The molecular weight excluding hydrogens is 324 g/mol. The van der Waals surface area contributed by atoms with E-state index >= 15 is 0 Å². The molecule has 1 unspecified atom stereocenters. The van der Waals surface area contributed by atoms with Crippen molar-refractivity contribution in [3.63, 3.8) is 0 Å². The molecule has 2 rings (SSSR count). The van der Waals surface area contributed by atoms with Crippen LogP contribution >= 0.6 is 11.3 Å². The van der Waals surface area contributed by atoms with E-state index in [1.807, 2.05) is 41.1 Å². The summed E-state index contributed by atoms with van der Waals surface area (Å²) in [5, 5.41) is 19.8. The van der Waals surface area contributed by atoms with Crippen molar-refractivity contribution in [1.29, 1.82) is 0 Å². The summed E-state index contributed by atoms with van der Waals surface area (Å²) in [6.45, 7) is 2.46. The topological polar surface area (TPSA) is 70.6 Å². The molecule has 1 aromatic heterocycles. The van der Waals surface area contributed by atoms with Gasteiger partial charge in [0.05, 0.1) is 12.7 Å². The lowest BCUT2D eigenvalue weighted by Gasteiger charge is -2.23. The minimum Gasteiger partial charge on any atom is -0.497 e. The fraction of sp³-hybridized carbons (Fsp3) is 0.389. The highest BCUT2D eigenvalue weighted by molar-refractivity contribution is 7.07. The second-order valence-corrected chi connectivity index (χ2v) is 6.79. The van der Waals surface area contributed by atoms with Gasteiger partial charge in [-0.15, -0.1) is 0 Å². The van der Waals surface area contributed by atoms with E-state index in [0.717, 1.165) is 23.3 Å². The third-order valence-corrected chi connectivity index (χ3v) is 4.39. The second-order valence-electron chi connectivity index (χ2n) is 6.01. The van der Waals surface area contributed by atoms with Crippen LogP contribution in [0.25, 0.3) is 0 Å². The first-order valence-electron chi connectivity index (χ1n) is 7.86. The molecule has 0 bridgehead atoms. The van der Waals surface area contributed by atoms with Crippen molar-refractivity contribution in [3.05, 3.63) is 52.2 Å². The molecule has 0 fully saturated rings. The normalized spacial score (nSPS) is 13.1. The molecule has 0 saturated carbocycles. The van der Waals surface area contributed by atoms with Crippen molar-refractivity contribution in [1.82, 2.24) is 10.6 Å². The number of nitrogens with one attached hydrogen (secondary N) is 2. The molecule has 2 amide bonds. The van der Waals surface area contributed by atoms with Crippen LogP contribution in [0.2, 0.25) is 0 Å². The van der Waals surface area contributed by atoms with Gasteiger partial charge in [0, 0.05) is 19.5 Å². The molecule has 130 valence electrons. The Morgan fingerprint density at radius 2 is 1.96 bits per heavy atom. The molecule has 0 saturated heterocycles. The number of carbonyl (C=O) groups is 1. The van der Waals surface area contributed by atoms with Gasteiger partial charge in [0.1, 0.15) is 5.75 Å². The SMILES string of the molecule is COc1ccc(CCNC(=O)NCC(C)(O)Cc2ccsc2)cc1. The number of rotatable bonds is 8. The van der Waals surface area contributed by atoms with Crippen LogP contribution in [0.3, 0.4) is 0 Å². The lowest BCUT2D eigenvalue weighted by Crippen LogP contribution is -2.46. The Hall–Kier alpha value is -2.05. The number of amides is 2. The standard InChI is InChI=1S/C18H24N2O3S/c1-18(22,11-15-8-10-24-12-15)13-20-17(21)19-9-7-14-3-5-16(23-2)6-4-14/h3-6,8,10,12,22H,7,9,11,13H2,1-2H3,(H2,19,20,21). The lowest BCUT2D eigenvalue weighted by molar-refractivity contribution is 0.0625. The van der Waals surface area contributed by atoms with Crippen LogP contribution in [0.1, 0.15) is 18.1 Å². The van der Waals surface area contributed by atoms with E-state index in [-0.39, 0.29) is 12.6 Å². The van der Waals surface area contributed by atoms with Gasteiger partial charge in [-0.3, -0.25) is 0 Å². The van der Waals surface area contributed by atoms with Crippen LogP contribution < -0.4 is 15.4 Å². The third-order valence-electron chi connectivity index (χ3n) is 3.65. The lowest BCUT2D eigenvalue weighted by atomic mass is 9.98. The summed E-state index contributed by atoms with van der Waals surface area (Å²) in [5.41, 5.74) is 1.24. The summed E-state index contributed by atoms with van der Waals surface area (Å²) in [7, 11) is 1.63. The molecule has 1 aromatic carbocycles. The van der Waals surface area contributed by atoms with Gasteiger partial charge in [-0.05, 0) is 53.4 Å². The molecule has 24 heavy (non-hydrogen) atoms. The Morgan fingerprint density at radius 1 is 1.21 bits per heavy atom. The first-order valence-corrected chi connectivity index (χ1v) is 8.81. The summed E-state index contributed by atoms with van der Waals surface area (Å²) < 4.78 is 5.11. The summed E-state index contributed by atoms with van der Waals surface area (Å²) in [5.74, 6) is 0.817. The zero-order valence-corrected chi connectivity index (χ0v) is 14.9. The highest BCUT2D eigenvalue weighted by Crippen LogP contribution is 2.15. The Labute approximate surface area is 146 Å². The number of ether oxygens (including phenoxy) is 1. The van der Waals surface area contributed by atoms with Crippen LogP contribution in [0.15, 0.2) is 41.1 Å². The van der Waals surface area contributed by atoms with E-state index in [4.69, 9.17) is 4.74 Å². The van der Waals surface area contributed by atoms with E-state index in [9.17, 15) is 9.90 Å². The smallest absolute Gasteiger partial charge is 0.314 e. The minimum atomic E-state index is -0.964.